The molecule has 170 valence electrons. The molecule has 2 aliphatic heterocycles. The summed E-state index contributed by atoms with van der Waals surface area (Å²) in [6, 6.07) is 13.8. The van der Waals surface area contributed by atoms with E-state index in [1.807, 2.05) is 19.1 Å². The Bertz CT molecular complexity index is 928. The van der Waals surface area contributed by atoms with Crippen LogP contribution in [0.15, 0.2) is 42.5 Å². The first-order chi connectivity index (χ1) is 15.6. The van der Waals surface area contributed by atoms with Crippen LogP contribution in [0.2, 0.25) is 0 Å². The Morgan fingerprint density at radius 3 is 2.19 bits per heavy atom. The smallest absolute Gasteiger partial charge is 0.261 e. The fourth-order valence-corrected chi connectivity index (χ4v) is 4.93. The first-order valence-electron chi connectivity index (χ1n) is 12.1. The summed E-state index contributed by atoms with van der Waals surface area (Å²) in [6.07, 6.45) is 5.15. The Hall–Kier alpha value is -2.66. The van der Waals surface area contributed by atoms with Gasteiger partial charge in [0.1, 0.15) is 5.75 Å². The topological polar surface area (TPSA) is 49.9 Å². The van der Waals surface area contributed by atoms with Crippen LogP contribution in [0.5, 0.6) is 5.75 Å². The average molecular weight is 435 g/mol. The number of piperidine rings is 1. The summed E-state index contributed by atoms with van der Waals surface area (Å²) in [7, 11) is 0. The summed E-state index contributed by atoms with van der Waals surface area (Å²) in [4.78, 5) is 28.9. The van der Waals surface area contributed by atoms with Crippen LogP contribution < -0.4 is 4.74 Å². The van der Waals surface area contributed by atoms with Gasteiger partial charge in [0.05, 0.1) is 17.7 Å². The van der Waals surface area contributed by atoms with Crippen LogP contribution in [0.25, 0.3) is 0 Å². The maximum absolute atomic E-state index is 12.5. The van der Waals surface area contributed by atoms with Crippen LogP contribution in [0.3, 0.4) is 0 Å². The molecule has 2 aromatic carbocycles. The molecule has 1 fully saturated rings. The normalized spacial score (nSPS) is 17.1. The van der Waals surface area contributed by atoms with Gasteiger partial charge in [-0.3, -0.25) is 14.5 Å². The first kappa shape index (κ1) is 22.5. The van der Waals surface area contributed by atoms with Crippen molar-refractivity contribution in [3.8, 4) is 5.75 Å². The van der Waals surface area contributed by atoms with Crippen molar-refractivity contribution in [3.05, 3.63) is 64.7 Å². The summed E-state index contributed by atoms with van der Waals surface area (Å²) in [5, 5.41) is 0. The molecule has 2 aliphatic rings. The third-order valence-corrected chi connectivity index (χ3v) is 6.80. The number of nitrogens with zero attached hydrogens (tertiary/aromatic N) is 2. The molecule has 0 radical (unpaired) electrons. The first-order valence-corrected chi connectivity index (χ1v) is 12.1. The number of unbranched alkanes of at least 4 members (excludes halogenated alkanes) is 1. The standard InChI is InChI=1S/C27H34N2O3/c1-3-20-11-12-22(25(19-20)32-4-2)21-13-17-28(18-14-21)15-7-8-16-29-26(30)23-9-5-6-10-24(23)27(29)31/h5-6,9-12,19,21H,3-4,7-8,13-18H2,1-2H3. The summed E-state index contributed by atoms with van der Waals surface area (Å²) in [5.74, 6) is 1.32. The second kappa shape index (κ2) is 10.3. The van der Waals surface area contributed by atoms with Crippen LogP contribution in [0.4, 0.5) is 0 Å². The van der Waals surface area contributed by atoms with Crippen molar-refractivity contribution in [2.45, 2.75) is 51.9 Å². The van der Waals surface area contributed by atoms with Crippen molar-refractivity contribution in [2.24, 2.45) is 0 Å². The zero-order chi connectivity index (χ0) is 22.5. The number of aryl methyl sites for hydroxylation is 1. The lowest BCUT2D eigenvalue weighted by Gasteiger charge is -2.33. The highest BCUT2D eigenvalue weighted by Crippen LogP contribution is 2.35. The van der Waals surface area contributed by atoms with Crippen molar-refractivity contribution < 1.29 is 14.3 Å². The molecule has 0 aliphatic carbocycles. The molecule has 4 rings (SSSR count). The number of amides is 2. The number of ether oxygens (including phenoxy) is 1. The van der Waals surface area contributed by atoms with Gasteiger partial charge in [-0.05, 0) is 93.9 Å². The molecule has 1 saturated heterocycles. The molecule has 0 spiro atoms. The van der Waals surface area contributed by atoms with E-state index in [0.29, 0.717) is 30.2 Å². The maximum Gasteiger partial charge on any atom is 0.261 e. The zero-order valence-corrected chi connectivity index (χ0v) is 19.3. The van der Waals surface area contributed by atoms with E-state index in [4.69, 9.17) is 4.74 Å². The Morgan fingerprint density at radius 1 is 0.906 bits per heavy atom. The lowest BCUT2D eigenvalue weighted by molar-refractivity contribution is 0.0649. The predicted octanol–water partition coefficient (Wildman–Crippen LogP) is 4.90. The van der Waals surface area contributed by atoms with Gasteiger partial charge in [-0.2, -0.15) is 0 Å². The van der Waals surface area contributed by atoms with Crippen LogP contribution in [-0.4, -0.2) is 54.4 Å². The van der Waals surface area contributed by atoms with Crippen molar-refractivity contribution in [2.75, 3.05) is 32.8 Å². The molecule has 2 heterocycles. The molecule has 0 aromatic heterocycles. The van der Waals surface area contributed by atoms with E-state index in [1.54, 1.807) is 12.1 Å². The van der Waals surface area contributed by atoms with Gasteiger partial charge in [0.2, 0.25) is 0 Å². The quantitative estimate of drug-likeness (QED) is 0.416. The van der Waals surface area contributed by atoms with Gasteiger partial charge < -0.3 is 9.64 Å². The number of hydrogen-bond donors (Lipinski definition) is 0. The second-order valence-corrected chi connectivity index (χ2v) is 8.79. The molecule has 0 N–H and O–H groups in total. The lowest BCUT2D eigenvalue weighted by Crippen LogP contribution is -2.35. The number of rotatable bonds is 9. The zero-order valence-electron chi connectivity index (χ0n) is 19.3. The molecule has 0 unspecified atom stereocenters. The van der Waals surface area contributed by atoms with Crippen LogP contribution >= 0.6 is 0 Å². The largest absolute Gasteiger partial charge is 0.494 e. The van der Waals surface area contributed by atoms with Gasteiger partial charge in [0.15, 0.2) is 0 Å². The molecule has 0 saturated carbocycles. The fraction of sp³-hybridized carbons (Fsp3) is 0.481. The van der Waals surface area contributed by atoms with Gasteiger partial charge in [0.25, 0.3) is 11.8 Å². The van der Waals surface area contributed by atoms with Crippen LogP contribution in [0.1, 0.15) is 77.3 Å². The van der Waals surface area contributed by atoms with Crippen molar-refractivity contribution in [1.29, 1.82) is 0 Å². The number of benzene rings is 2. The minimum atomic E-state index is -0.148. The molecule has 2 aromatic rings. The monoisotopic (exact) mass is 434 g/mol. The third-order valence-electron chi connectivity index (χ3n) is 6.80. The molecule has 2 amide bonds. The molecular formula is C27H34N2O3. The highest BCUT2D eigenvalue weighted by molar-refractivity contribution is 6.21. The number of carbonyl (C=O) groups is 2. The second-order valence-electron chi connectivity index (χ2n) is 8.79. The van der Waals surface area contributed by atoms with Crippen molar-refractivity contribution in [3.63, 3.8) is 0 Å². The predicted molar refractivity (Wildman–Crippen MR) is 126 cm³/mol. The SMILES string of the molecule is CCOc1cc(CC)ccc1C1CCN(CCCCN2C(=O)c3ccccc3C2=O)CC1. The van der Waals surface area contributed by atoms with Gasteiger partial charge in [0, 0.05) is 6.54 Å². The fourth-order valence-electron chi connectivity index (χ4n) is 4.93. The highest BCUT2D eigenvalue weighted by atomic mass is 16.5. The molecule has 32 heavy (non-hydrogen) atoms. The van der Waals surface area contributed by atoms with E-state index in [-0.39, 0.29) is 11.8 Å². The summed E-state index contributed by atoms with van der Waals surface area (Å²) in [6.45, 7) is 8.61. The van der Waals surface area contributed by atoms with Gasteiger partial charge in [-0.15, -0.1) is 0 Å². The number of hydrogen-bond acceptors (Lipinski definition) is 4. The van der Waals surface area contributed by atoms with Crippen LogP contribution in [0, 0.1) is 0 Å². The lowest BCUT2D eigenvalue weighted by atomic mass is 9.88. The molecular weight excluding hydrogens is 400 g/mol. The minimum Gasteiger partial charge on any atom is -0.494 e. The Balaban J connectivity index is 1.23. The van der Waals surface area contributed by atoms with E-state index in [1.165, 1.54) is 16.0 Å². The Morgan fingerprint density at radius 2 is 1.56 bits per heavy atom. The van der Waals surface area contributed by atoms with E-state index in [2.05, 4.69) is 30.0 Å². The van der Waals surface area contributed by atoms with Crippen molar-refractivity contribution in [1.82, 2.24) is 9.80 Å². The summed E-state index contributed by atoms with van der Waals surface area (Å²) in [5.41, 5.74) is 3.76. The summed E-state index contributed by atoms with van der Waals surface area (Å²) < 4.78 is 5.96. The highest BCUT2D eigenvalue weighted by Gasteiger charge is 2.34. The Kier molecular flexibility index (Phi) is 7.26. The van der Waals surface area contributed by atoms with E-state index < -0.39 is 0 Å². The molecule has 5 heteroatoms. The van der Waals surface area contributed by atoms with Crippen LogP contribution in [-0.2, 0) is 6.42 Å². The van der Waals surface area contributed by atoms with Gasteiger partial charge in [-0.25, -0.2) is 0 Å². The number of carbonyl (C=O) groups excluding carboxylic acids is 2. The molecule has 5 nitrogen and oxygen atoms in total. The van der Waals surface area contributed by atoms with E-state index in [0.717, 1.165) is 57.5 Å². The Labute approximate surface area is 191 Å². The number of imide groups is 1. The average Bonchev–Trinajstić information content (AvgIpc) is 3.07. The van der Waals surface area contributed by atoms with E-state index >= 15 is 0 Å². The molecule has 0 bridgehead atoms. The minimum absolute atomic E-state index is 0.148. The van der Waals surface area contributed by atoms with E-state index in [9.17, 15) is 9.59 Å². The number of likely N-dealkylation sites (tertiary alicyclic amines) is 1. The number of fused-ring (bicyclic) bond motifs is 1. The van der Waals surface area contributed by atoms with Gasteiger partial charge >= 0.3 is 0 Å². The summed E-state index contributed by atoms with van der Waals surface area (Å²) >= 11 is 0. The molecule has 0 atom stereocenters. The maximum atomic E-state index is 12.5. The third kappa shape index (κ3) is 4.73. The van der Waals surface area contributed by atoms with Gasteiger partial charge in [-0.1, -0.05) is 31.2 Å². The van der Waals surface area contributed by atoms with Crippen molar-refractivity contribution >= 4 is 11.8 Å².